The Morgan fingerprint density at radius 1 is 1.15 bits per heavy atom. The molecule has 102 valence electrons. The average molecular weight is 269 g/mol. The van der Waals surface area contributed by atoms with Crippen molar-refractivity contribution in [2.45, 2.75) is 0 Å². The Morgan fingerprint density at radius 3 is 2.65 bits per heavy atom. The predicted molar refractivity (Wildman–Crippen MR) is 77.1 cm³/mol. The molecule has 0 spiro atoms. The Kier molecular flexibility index (Phi) is 4.50. The molecule has 0 saturated carbocycles. The van der Waals surface area contributed by atoms with Crippen LogP contribution in [0.3, 0.4) is 0 Å². The summed E-state index contributed by atoms with van der Waals surface area (Å²) in [6, 6.07) is 10.6. The Hall–Kier alpha value is -2.62. The number of carbonyl (C=O) groups is 1. The second-order valence-corrected chi connectivity index (χ2v) is 4.02. The summed E-state index contributed by atoms with van der Waals surface area (Å²) in [4.78, 5) is 16.0. The lowest BCUT2D eigenvalue weighted by atomic mass is 10.1. The van der Waals surface area contributed by atoms with Gasteiger partial charge in [0, 0.05) is 11.8 Å². The van der Waals surface area contributed by atoms with Gasteiger partial charge in [-0.3, -0.25) is 9.78 Å². The summed E-state index contributed by atoms with van der Waals surface area (Å²) in [7, 11) is 3.17. The maximum atomic E-state index is 12.0. The lowest BCUT2D eigenvalue weighted by Gasteiger charge is -2.06. The second kappa shape index (κ2) is 6.52. The Morgan fingerprint density at radius 2 is 2.00 bits per heavy atom. The number of methoxy groups -OCH3 is 2. The van der Waals surface area contributed by atoms with E-state index in [0.717, 1.165) is 5.56 Å². The van der Waals surface area contributed by atoms with Gasteiger partial charge in [0.2, 0.25) is 5.78 Å². The molecular formula is C16H15NO3. The van der Waals surface area contributed by atoms with Gasteiger partial charge in [-0.25, -0.2) is 0 Å². The number of aromatic nitrogens is 1. The van der Waals surface area contributed by atoms with Crippen LogP contribution in [0.5, 0.6) is 11.5 Å². The van der Waals surface area contributed by atoms with Gasteiger partial charge in [-0.05, 0) is 42.5 Å². The first-order valence-corrected chi connectivity index (χ1v) is 6.10. The first-order valence-electron chi connectivity index (χ1n) is 6.10. The minimum atomic E-state index is -0.157. The molecule has 0 fully saturated rings. The third kappa shape index (κ3) is 3.23. The van der Waals surface area contributed by atoms with Crippen LogP contribution in [-0.4, -0.2) is 25.0 Å². The largest absolute Gasteiger partial charge is 0.497 e. The van der Waals surface area contributed by atoms with Crippen LogP contribution < -0.4 is 9.47 Å². The summed E-state index contributed by atoms with van der Waals surface area (Å²) in [5, 5.41) is 0. The number of allylic oxidation sites excluding steroid dienone is 1. The molecule has 0 aliphatic heterocycles. The van der Waals surface area contributed by atoms with Gasteiger partial charge in [0.1, 0.15) is 17.2 Å². The molecule has 2 aromatic rings. The summed E-state index contributed by atoms with van der Waals surface area (Å²) in [6.45, 7) is 0. The van der Waals surface area contributed by atoms with Gasteiger partial charge in [-0.2, -0.15) is 0 Å². The van der Waals surface area contributed by atoms with E-state index < -0.39 is 0 Å². The zero-order chi connectivity index (χ0) is 14.4. The summed E-state index contributed by atoms with van der Waals surface area (Å²) >= 11 is 0. The molecule has 20 heavy (non-hydrogen) atoms. The van der Waals surface area contributed by atoms with Crippen LogP contribution in [-0.2, 0) is 0 Å². The van der Waals surface area contributed by atoms with Crippen LogP contribution in [0.25, 0.3) is 6.08 Å². The Labute approximate surface area is 117 Å². The second-order valence-electron chi connectivity index (χ2n) is 4.02. The number of benzene rings is 1. The van der Waals surface area contributed by atoms with Crippen LogP contribution >= 0.6 is 0 Å². The molecule has 0 amide bonds. The Bertz CT molecular complexity index is 621. The van der Waals surface area contributed by atoms with E-state index in [1.807, 2.05) is 0 Å². The number of ether oxygens (including phenoxy) is 2. The fraction of sp³-hybridized carbons (Fsp3) is 0.125. The molecule has 4 heteroatoms. The predicted octanol–water partition coefficient (Wildman–Crippen LogP) is 2.99. The molecule has 0 saturated heterocycles. The zero-order valence-corrected chi connectivity index (χ0v) is 11.4. The molecule has 2 rings (SSSR count). The lowest BCUT2D eigenvalue weighted by molar-refractivity contribution is 0.104. The lowest BCUT2D eigenvalue weighted by Crippen LogP contribution is -1.97. The zero-order valence-electron chi connectivity index (χ0n) is 11.4. The molecule has 4 nitrogen and oxygen atoms in total. The highest BCUT2D eigenvalue weighted by atomic mass is 16.5. The third-order valence-corrected chi connectivity index (χ3v) is 2.77. The van der Waals surface area contributed by atoms with Crippen LogP contribution in [0.2, 0.25) is 0 Å². The van der Waals surface area contributed by atoms with Gasteiger partial charge in [0.25, 0.3) is 0 Å². The van der Waals surface area contributed by atoms with Gasteiger partial charge in [0.05, 0.1) is 14.2 Å². The normalized spacial score (nSPS) is 10.5. The van der Waals surface area contributed by atoms with Crippen LogP contribution in [0.1, 0.15) is 16.1 Å². The molecule has 0 aliphatic rings. The molecule has 0 aliphatic carbocycles. The monoisotopic (exact) mass is 269 g/mol. The van der Waals surface area contributed by atoms with E-state index in [0.29, 0.717) is 17.2 Å². The molecule has 1 aromatic heterocycles. The summed E-state index contributed by atoms with van der Waals surface area (Å²) in [5.74, 6) is 1.22. The van der Waals surface area contributed by atoms with E-state index in [2.05, 4.69) is 4.98 Å². The average Bonchev–Trinajstić information content (AvgIpc) is 2.53. The number of pyridine rings is 1. The molecule has 0 atom stereocenters. The van der Waals surface area contributed by atoms with E-state index >= 15 is 0 Å². The maximum absolute atomic E-state index is 12.0. The number of carbonyl (C=O) groups excluding carboxylic acids is 1. The van der Waals surface area contributed by atoms with Crippen molar-refractivity contribution in [3.8, 4) is 11.5 Å². The molecular weight excluding hydrogens is 254 g/mol. The van der Waals surface area contributed by atoms with Crippen LogP contribution in [0.15, 0.2) is 48.7 Å². The minimum absolute atomic E-state index is 0.157. The highest BCUT2D eigenvalue weighted by Crippen LogP contribution is 2.25. The quantitative estimate of drug-likeness (QED) is 0.618. The molecule has 1 aromatic carbocycles. The topological polar surface area (TPSA) is 48.4 Å². The molecule has 1 heterocycles. The standard InChI is InChI=1S/C16H15NO3/c1-19-13-7-9-16(20-2)12(11-13)6-8-15(18)14-5-3-4-10-17-14/h3-11H,1-2H3/b8-6+. The van der Waals surface area contributed by atoms with Crippen molar-refractivity contribution in [1.82, 2.24) is 4.98 Å². The van der Waals surface area contributed by atoms with Gasteiger partial charge >= 0.3 is 0 Å². The number of rotatable bonds is 5. The third-order valence-electron chi connectivity index (χ3n) is 2.77. The van der Waals surface area contributed by atoms with Crippen molar-refractivity contribution in [1.29, 1.82) is 0 Å². The molecule has 0 bridgehead atoms. The summed E-state index contributed by atoms with van der Waals surface area (Å²) in [6.07, 6.45) is 4.76. The van der Waals surface area contributed by atoms with Crippen molar-refractivity contribution in [2.24, 2.45) is 0 Å². The van der Waals surface area contributed by atoms with Crippen molar-refractivity contribution >= 4 is 11.9 Å². The smallest absolute Gasteiger partial charge is 0.204 e. The van der Waals surface area contributed by atoms with Crippen LogP contribution in [0, 0.1) is 0 Å². The molecule has 0 radical (unpaired) electrons. The maximum Gasteiger partial charge on any atom is 0.204 e. The first kappa shape index (κ1) is 13.8. The SMILES string of the molecule is COc1ccc(OC)c(/C=C/C(=O)c2ccccn2)c1. The minimum Gasteiger partial charge on any atom is -0.497 e. The van der Waals surface area contributed by atoms with Gasteiger partial charge < -0.3 is 9.47 Å². The highest BCUT2D eigenvalue weighted by molar-refractivity contribution is 6.05. The highest BCUT2D eigenvalue weighted by Gasteiger charge is 2.05. The summed E-state index contributed by atoms with van der Waals surface area (Å²) < 4.78 is 10.4. The number of nitrogens with zero attached hydrogens (tertiary/aromatic N) is 1. The number of hydrogen-bond acceptors (Lipinski definition) is 4. The van der Waals surface area contributed by atoms with E-state index in [1.165, 1.54) is 6.08 Å². The van der Waals surface area contributed by atoms with Crippen molar-refractivity contribution < 1.29 is 14.3 Å². The van der Waals surface area contributed by atoms with Gasteiger partial charge in [0.15, 0.2) is 0 Å². The fourth-order valence-electron chi connectivity index (χ4n) is 1.73. The van der Waals surface area contributed by atoms with Crippen molar-refractivity contribution in [2.75, 3.05) is 14.2 Å². The summed E-state index contributed by atoms with van der Waals surface area (Å²) in [5.41, 5.74) is 1.18. The van der Waals surface area contributed by atoms with Crippen molar-refractivity contribution in [3.63, 3.8) is 0 Å². The van der Waals surface area contributed by atoms with Crippen molar-refractivity contribution in [3.05, 3.63) is 59.9 Å². The van der Waals surface area contributed by atoms with Gasteiger partial charge in [-0.1, -0.05) is 6.07 Å². The van der Waals surface area contributed by atoms with Crippen LogP contribution in [0.4, 0.5) is 0 Å². The van der Waals surface area contributed by atoms with E-state index in [4.69, 9.17) is 9.47 Å². The van der Waals surface area contributed by atoms with E-state index in [-0.39, 0.29) is 5.78 Å². The number of hydrogen-bond donors (Lipinski definition) is 0. The van der Waals surface area contributed by atoms with E-state index in [1.54, 1.807) is 62.9 Å². The van der Waals surface area contributed by atoms with E-state index in [9.17, 15) is 4.79 Å². The molecule has 0 unspecified atom stereocenters. The first-order chi connectivity index (χ1) is 9.74. The van der Waals surface area contributed by atoms with Gasteiger partial charge in [-0.15, -0.1) is 0 Å². The number of ketones is 1. The Balaban J connectivity index is 2.24. The molecule has 0 N–H and O–H groups in total. The fourth-order valence-corrected chi connectivity index (χ4v) is 1.73.